The van der Waals surface area contributed by atoms with E-state index in [-0.39, 0.29) is 24.7 Å². The molecule has 0 spiro atoms. The Kier molecular flexibility index (Phi) is 4.98. The van der Waals surface area contributed by atoms with E-state index in [0.29, 0.717) is 30.7 Å². The second kappa shape index (κ2) is 7.18. The van der Waals surface area contributed by atoms with Gasteiger partial charge in [-0.25, -0.2) is 9.48 Å². The number of benzene rings is 1. The molecule has 0 N–H and O–H groups in total. The van der Waals surface area contributed by atoms with Crippen molar-refractivity contribution in [3.8, 4) is 0 Å². The largest absolute Gasteiger partial charge is 0.452 e. The molecule has 3 rings (SSSR count). The predicted octanol–water partition coefficient (Wildman–Crippen LogP) is 1.24. The van der Waals surface area contributed by atoms with Gasteiger partial charge in [-0.3, -0.25) is 4.79 Å². The molecule has 1 aliphatic heterocycles. The van der Waals surface area contributed by atoms with Crippen LogP contribution in [-0.2, 0) is 20.8 Å². The summed E-state index contributed by atoms with van der Waals surface area (Å²) in [6, 6.07) is 5.06. The maximum atomic E-state index is 12.2. The molecule has 8 heteroatoms. The van der Waals surface area contributed by atoms with Crippen molar-refractivity contribution in [2.75, 3.05) is 19.7 Å². The maximum Gasteiger partial charge on any atom is 0.338 e. The molecule has 1 amide bonds. The van der Waals surface area contributed by atoms with Crippen molar-refractivity contribution in [3.05, 3.63) is 23.8 Å². The highest BCUT2D eigenvalue weighted by atomic mass is 16.5. The number of hydrogen-bond donors (Lipinski definition) is 0. The molecule has 1 aliphatic rings. The first-order chi connectivity index (χ1) is 12.0. The van der Waals surface area contributed by atoms with Crippen molar-refractivity contribution >= 4 is 22.9 Å². The molecule has 134 valence electrons. The van der Waals surface area contributed by atoms with E-state index in [1.165, 1.54) is 0 Å². The highest BCUT2D eigenvalue weighted by molar-refractivity contribution is 5.94. The molecule has 0 aliphatic carbocycles. The Morgan fingerprint density at radius 1 is 1.28 bits per heavy atom. The summed E-state index contributed by atoms with van der Waals surface area (Å²) in [6.45, 7) is 7.24. The van der Waals surface area contributed by atoms with E-state index < -0.39 is 5.97 Å². The Balaban J connectivity index is 1.61. The summed E-state index contributed by atoms with van der Waals surface area (Å²) in [4.78, 5) is 26.1. The summed E-state index contributed by atoms with van der Waals surface area (Å²) in [5, 5.41) is 8.04. The van der Waals surface area contributed by atoms with Crippen molar-refractivity contribution in [3.63, 3.8) is 0 Å². The third kappa shape index (κ3) is 3.79. The zero-order chi connectivity index (χ0) is 18.0. The van der Waals surface area contributed by atoms with E-state index in [2.05, 4.69) is 10.3 Å². The van der Waals surface area contributed by atoms with Gasteiger partial charge >= 0.3 is 5.97 Å². The van der Waals surface area contributed by atoms with Gasteiger partial charge in [0.05, 0.1) is 23.3 Å². The van der Waals surface area contributed by atoms with Gasteiger partial charge in [0.2, 0.25) is 0 Å². The van der Waals surface area contributed by atoms with Gasteiger partial charge in [0.25, 0.3) is 5.91 Å². The normalized spacial score (nSPS) is 20.7. The molecular formula is C17H22N4O4. The third-order valence-electron chi connectivity index (χ3n) is 4.15. The Hall–Kier alpha value is -2.48. The second-order valence-corrected chi connectivity index (χ2v) is 6.24. The smallest absolute Gasteiger partial charge is 0.338 e. The Labute approximate surface area is 145 Å². The molecule has 25 heavy (non-hydrogen) atoms. The van der Waals surface area contributed by atoms with Crippen molar-refractivity contribution in [2.45, 2.75) is 39.5 Å². The van der Waals surface area contributed by atoms with Crippen LogP contribution in [0.1, 0.15) is 31.1 Å². The van der Waals surface area contributed by atoms with Crippen LogP contribution in [0.4, 0.5) is 0 Å². The summed E-state index contributed by atoms with van der Waals surface area (Å²) in [5.41, 5.74) is 1.83. The van der Waals surface area contributed by atoms with Gasteiger partial charge in [-0.05, 0) is 39.0 Å². The van der Waals surface area contributed by atoms with Crippen molar-refractivity contribution < 1.29 is 19.1 Å². The number of aryl methyl sites for hydroxylation is 1. The predicted molar refractivity (Wildman–Crippen MR) is 90.1 cm³/mol. The number of carbonyl (C=O) groups excluding carboxylic acids is 2. The average molecular weight is 346 g/mol. The van der Waals surface area contributed by atoms with Gasteiger partial charge in [0.1, 0.15) is 5.52 Å². The fraction of sp³-hybridized carbons (Fsp3) is 0.529. The van der Waals surface area contributed by atoms with Gasteiger partial charge in [-0.2, -0.15) is 0 Å². The lowest BCUT2D eigenvalue weighted by Crippen LogP contribution is -2.49. The van der Waals surface area contributed by atoms with Crippen LogP contribution < -0.4 is 0 Å². The molecule has 0 saturated carbocycles. The van der Waals surface area contributed by atoms with Gasteiger partial charge in [0.15, 0.2) is 6.61 Å². The lowest BCUT2D eigenvalue weighted by molar-refractivity contribution is -0.146. The summed E-state index contributed by atoms with van der Waals surface area (Å²) in [6.07, 6.45) is -0.0426. The Morgan fingerprint density at radius 3 is 2.68 bits per heavy atom. The summed E-state index contributed by atoms with van der Waals surface area (Å²) < 4.78 is 12.5. The average Bonchev–Trinajstić information content (AvgIpc) is 3.00. The molecule has 2 atom stereocenters. The zero-order valence-electron chi connectivity index (χ0n) is 14.6. The first kappa shape index (κ1) is 17.3. The van der Waals surface area contributed by atoms with Crippen LogP contribution in [0, 0.1) is 0 Å². The van der Waals surface area contributed by atoms with Crippen LogP contribution in [-0.4, -0.2) is 63.7 Å². The van der Waals surface area contributed by atoms with E-state index in [1.54, 1.807) is 27.8 Å². The summed E-state index contributed by atoms with van der Waals surface area (Å²) in [5.74, 6) is -0.760. The molecule has 2 heterocycles. The highest BCUT2D eigenvalue weighted by Gasteiger charge is 2.26. The van der Waals surface area contributed by atoms with Crippen molar-refractivity contribution in [1.82, 2.24) is 19.9 Å². The Morgan fingerprint density at radius 2 is 2.00 bits per heavy atom. The quantitative estimate of drug-likeness (QED) is 0.774. The number of carbonyl (C=O) groups is 2. The molecule has 2 unspecified atom stereocenters. The minimum atomic E-state index is -0.546. The number of fused-ring (bicyclic) bond motifs is 1. The minimum absolute atomic E-state index is 0.0213. The van der Waals surface area contributed by atoms with Crippen molar-refractivity contribution in [1.29, 1.82) is 0 Å². The minimum Gasteiger partial charge on any atom is -0.452 e. The van der Waals surface area contributed by atoms with Crippen LogP contribution in [0.25, 0.3) is 11.0 Å². The molecule has 1 fully saturated rings. The first-order valence-electron chi connectivity index (χ1n) is 8.41. The van der Waals surface area contributed by atoms with Crippen LogP contribution in [0.3, 0.4) is 0 Å². The zero-order valence-corrected chi connectivity index (χ0v) is 14.6. The number of nitrogens with zero attached hydrogens (tertiary/aromatic N) is 4. The van der Waals surface area contributed by atoms with Gasteiger partial charge < -0.3 is 14.4 Å². The Bertz CT molecular complexity index is 778. The SMILES string of the molecule is CCn1nnc2cc(C(=O)OCC(=O)N3CC(C)OC(C)C3)ccc21. The van der Waals surface area contributed by atoms with E-state index in [9.17, 15) is 9.59 Å². The number of aromatic nitrogens is 3. The number of amides is 1. The summed E-state index contributed by atoms with van der Waals surface area (Å²) >= 11 is 0. The number of ether oxygens (including phenoxy) is 2. The number of hydrogen-bond acceptors (Lipinski definition) is 6. The van der Waals surface area contributed by atoms with E-state index in [1.807, 2.05) is 20.8 Å². The number of morpholine rings is 1. The lowest BCUT2D eigenvalue weighted by Gasteiger charge is -2.35. The van der Waals surface area contributed by atoms with E-state index in [0.717, 1.165) is 5.52 Å². The van der Waals surface area contributed by atoms with Crippen LogP contribution in [0.2, 0.25) is 0 Å². The topological polar surface area (TPSA) is 86.6 Å². The molecule has 2 aromatic rings. The van der Waals surface area contributed by atoms with E-state index >= 15 is 0 Å². The highest BCUT2D eigenvalue weighted by Crippen LogP contribution is 2.15. The van der Waals surface area contributed by atoms with Gasteiger partial charge in [0, 0.05) is 19.6 Å². The molecule has 1 saturated heterocycles. The molecule has 0 bridgehead atoms. The van der Waals surface area contributed by atoms with Gasteiger partial charge in [-0.15, -0.1) is 5.10 Å². The lowest BCUT2D eigenvalue weighted by atomic mass is 10.2. The maximum absolute atomic E-state index is 12.2. The fourth-order valence-electron chi connectivity index (χ4n) is 3.02. The molecule has 1 aromatic carbocycles. The number of esters is 1. The monoisotopic (exact) mass is 346 g/mol. The van der Waals surface area contributed by atoms with Crippen LogP contribution >= 0.6 is 0 Å². The number of rotatable bonds is 4. The summed E-state index contributed by atoms with van der Waals surface area (Å²) in [7, 11) is 0. The third-order valence-corrected chi connectivity index (χ3v) is 4.15. The van der Waals surface area contributed by atoms with Gasteiger partial charge in [-0.1, -0.05) is 5.21 Å². The molecule has 1 aromatic heterocycles. The van der Waals surface area contributed by atoms with Crippen LogP contribution in [0.15, 0.2) is 18.2 Å². The van der Waals surface area contributed by atoms with Crippen LogP contribution in [0.5, 0.6) is 0 Å². The molecule has 0 radical (unpaired) electrons. The van der Waals surface area contributed by atoms with E-state index in [4.69, 9.17) is 9.47 Å². The van der Waals surface area contributed by atoms with Crippen molar-refractivity contribution in [2.24, 2.45) is 0 Å². The molecule has 8 nitrogen and oxygen atoms in total. The fourth-order valence-corrected chi connectivity index (χ4v) is 3.02. The second-order valence-electron chi connectivity index (χ2n) is 6.24. The standard InChI is InChI=1S/C17H22N4O4/c1-4-21-15-6-5-13(7-14(15)18-19-21)17(23)24-10-16(22)20-8-11(2)25-12(3)9-20/h5-7,11-12H,4,8-10H2,1-3H3. The first-order valence-corrected chi connectivity index (χ1v) is 8.41. The molecular weight excluding hydrogens is 324 g/mol.